The van der Waals surface area contributed by atoms with Gasteiger partial charge >= 0.3 is 0 Å². The second-order valence-corrected chi connectivity index (χ2v) is 7.29. The number of hydrogen-bond acceptors (Lipinski definition) is 6. The summed E-state index contributed by atoms with van der Waals surface area (Å²) >= 11 is 0. The third kappa shape index (κ3) is 4.04. The predicted molar refractivity (Wildman–Crippen MR) is 107 cm³/mol. The summed E-state index contributed by atoms with van der Waals surface area (Å²) in [5, 5.41) is 0. The molecule has 0 atom stereocenters. The zero-order valence-electron chi connectivity index (χ0n) is 16.4. The smallest absolute Gasteiger partial charge is 0.261 e. The number of fused-ring (bicyclic) bond motifs is 1. The van der Waals surface area contributed by atoms with Crippen LogP contribution in [-0.4, -0.2) is 67.6 Å². The SMILES string of the molecule is COc1cccc(CN2Cc3nc(N4CCN(C)CC4)ccc3OCC2=O)c1. The number of amides is 1. The first-order valence-corrected chi connectivity index (χ1v) is 9.59. The molecule has 0 N–H and O–H groups in total. The molecule has 7 heteroatoms. The first-order chi connectivity index (χ1) is 13.6. The molecule has 28 heavy (non-hydrogen) atoms. The van der Waals surface area contributed by atoms with Crippen LogP contribution in [-0.2, 0) is 17.9 Å². The Balaban J connectivity index is 1.54. The fourth-order valence-electron chi connectivity index (χ4n) is 3.57. The molecule has 1 aromatic heterocycles. The van der Waals surface area contributed by atoms with Crippen molar-refractivity contribution in [3.63, 3.8) is 0 Å². The highest BCUT2D eigenvalue weighted by Crippen LogP contribution is 2.27. The summed E-state index contributed by atoms with van der Waals surface area (Å²) < 4.78 is 11.0. The summed E-state index contributed by atoms with van der Waals surface area (Å²) in [4.78, 5) is 23.8. The van der Waals surface area contributed by atoms with Crippen LogP contribution in [0.25, 0.3) is 0 Å². The van der Waals surface area contributed by atoms with Crippen molar-refractivity contribution >= 4 is 11.7 Å². The van der Waals surface area contributed by atoms with Crippen LogP contribution in [0.4, 0.5) is 5.82 Å². The highest BCUT2D eigenvalue weighted by atomic mass is 16.5. The van der Waals surface area contributed by atoms with Crippen LogP contribution in [0.2, 0.25) is 0 Å². The molecule has 2 aromatic rings. The van der Waals surface area contributed by atoms with Crippen molar-refractivity contribution < 1.29 is 14.3 Å². The number of carbonyl (C=O) groups is 1. The lowest BCUT2D eigenvalue weighted by molar-refractivity contribution is -0.133. The molecule has 7 nitrogen and oxygen atoms in total. The number of anilines is 1. The number of piperazine rings is 1. The molecule has 0 unspecified atom stereocenters. The maximum absolute atomic E-state index is 12.6. The molecule has 2 aliphatic rings. The Hall–Kier alpha value is -2.80. The molecule has 1 amide bonds. The number of methoxy groups -OCH3 is 1. The van der Waals surface area contributed by atoms with E-state index < -0.39 is 0 Å². The minimum absolute atomic E-state index is 0.0342. The van der Waals surface area contributed by atoms with Gasteiger partial charge in [-0.05, 0) is 36.9 Å². The Bertz CT molecular complexity index is 849. The van der Waals surface area contributed by atoms with Gasteiger partial charge in [0, 0.05) is 32.7 Å². The number of aromatic nitrogens is 1. The average Bonchev–Trinajstić information content (AvgIpc) is 2.87. The van der Waals surface area contributed by atoms with E-state index in [2.05, 4.69) is 16.8 Å². The van der Waals surface area contributed by atoms with E-state index in [1.807, 2.05) is 36.4 Å². The molecule has 0 bridgehead atoms. The molecule has 1 saturated heterocycles. The van der Waals surface area contributed by atoms with Crippen LogP contribution < -0.4 is 14.4 Å². The van der Waals surface area contributed by atoms with Crippen molar-refractivity contribution in [2.75, 3.05) is 51.8 Å². The van der Waals surface area contributed by atoms with Crippen LogP contribution in [0.1, 0.15) is 11.3 Å². The van der Waals surface area contributed by atoms with Crippen LogP contribution in [0.3, 0.4) is 0 Å². The Morgan fingerprint density at radius 1 is 1.14 bits per heavy atom. The molecule has 1 fully saturated rings. The largest absolute Gasteiger partial charge is 0.497 e. The second kappa shape index (κ2) is 8.06. The first kappa shape index (κ1) is 18.6. The van der Waals surface area contributed by atoms with E-state index in [4.69, 9.17) is 14.5 Å². The number of pyridine rings is 1. The molecule has 148 valence electrons. The topological polar surface area (TPSA) is 58.1 Å². The van der Waals surface area contributed by atoms with Crippen molar-refractivity contribution in [3.8, 4) is 11.5 Å². The number of nitrogens with zero attached hydrogens (tertiary/aromatic N) is 4. The number of likely N-dealkylation sites (N-methyl/N-ethyl adjacent to an activating group) is 1. The minimum atomic E-state index is -0.0398. The second-order valence-electron chi connectivity index (χ2n) is 7.29. The van der Waals surface area contributed by atoms with Gasteiger partial charge in [0.2, 0.25) is 0 Å². The van der Waals surface area contributed by atoms with Crippen molar-refractivity contribution in [2.45, 2.75) is 13.1 Å². The number of carbonyl (C=O) groups excluding carboxylic acids is 1. The van der Waals surface area contributed by atoms with Crippen molar-refractivity contribution in [3.05, 3.63) is 47.7 Å². The van der Waals surface area contributed by atoms with Gasteiger partial charge < -0.3 is 24.2 Å². The molecule has 1 aromatic carbocycles. The fourth-order valence-corrected chi connectivity index (χ4v) is 3.57. The van der Waals surface area contributed by atoms with Gasteiger partial charge in [0.1, 0.15) is 23.0 Å². The van der Waals surface area contributed by atoms with Gasteiger partial charge in [-0.2, -0.15) is 0 Å². The van der Waals surface area contributed by atoms with Gasteiger partial charge in [0.25, 0.3) is 5.91 Å². The number of benzene rings is 1. The molecular formula is C21H26N4O3. The third-order valence-electron chi connectivity index (χ3n) is 5.30. The number of ether oxygens (including phenoxy) is 2. The molecule has 4 rings (SSSR count). The van der Waals surface area contributed by atoms with Gasteiger partial charge in [0.05, 0.1) is 13.7 Å². The van der Waals surface area contributed by atoms with E-state index in [1.54, 1.807) is 12.0 Å². The molecule has 0 radical (unpaired) electrons. The van der Waals surface area contributed by atoms with E-state index >= 15 is 0 Å². The van der Waals surface area contributed by atoms with Gasteiger partial charge in [-0.15, -0.1) is 0 Å². The lowest BCUT2D eigenvalue weighted by atomic mass is 10.2. The zero-order chi connectivity index (χ0) is 19.5. The van der Waals surface area contributed by atoms with Gasteiger partial charge in [0.15, 0.2) is 6.61 Å². The van der Waals surface area contributed by atoms with E-state index in [-0.39, 0.29) is 12.5 Å². The monoisotopic (exact) mass is 382 g/mol. The molecule has 2 aliphatic heterocycles. The summed E-state index contributed by atoms with van der Waals surface area (Å²) in [5.41, 5.74) is 1.83. The van der Waals surface area contributed by atoms with Crippen LogP contribution in [0.5, 0.6) is 11.5 Å². The summed E-state index contributed by atoms with van der Waals surface area (Å²) in [6, 6.07) is 11.7. The number of rotatable bonds is 4. The molecule has 0 spiro atoms. The molecular weight excluding hydrogens is 356 g/mol. The lowest BCUT2D eigenvalue weighted by Crippen LogP contribution is -2.44. The van der Waals surface area contributed by atoms with Crippen LogP contribution in [0.15, 0.2) is 36.4 Å². The molecule has 0 aliphatic carbocycles. The van der Waals surface area contributed by atoms with E-state index in [0.29, 0.717) is 18.8 Å². The quantitative estimate of drug-likeness (QED) is 0.803. The van der Waals surface area contributed by atoms with Crippen molar-refractivity contribution in [2.24, 2.45) is 0 Å². The van der Waals surface area contributed by atoms with Gasteiger partial charge in [-0.25, -0.2) is 4.98 Å². The first-order valence-electron chi connectivity index (χ1n) is 9.59. The fraction of sp³-hybridized carbons (Fsp3) is 0.429. The highest BCUT2D eigenvalue weighted by molar-refractivity contribution is 5.78. The summed E-state index contributed by atoms with van der Waals surface area (Å²) in [5.74, 6) is 2.39. The van der Waals surface area contributed by atoms with E-state index in [9.17, 15) is 4.79 Å². The van der Waals surface area contributed by atoms with Gasteiger partial charge in [-0.3, -0.25) is 4.79 Å². The van der Waals surface area contributed by atoms with Crippen molar-refractivity contribution in [1.29, 1.82) is 0 Å². The van der Waals surface area contributed by atoms with Crippen LogP contribution in [0, 0.1) is 0 Å². The molecule has 3 heterocycles. The van der Waals surface area contributed by atoms with Gasteiger partial charge in [-0.1, -0.05) is 12.1 Å². The summed E-state index contributed by atoms with van der Waals surface area (Å²) in [6.07, 6.45) is 0. The van der Waals surface area contributed by atoms with Crippen molar-refractivity contribution in [1.82, 2.24) is 14.8 Å². The summed E-state index contributed by atoms with van der Waals surface area (Å²) in [7, 11) is 3.78. The normalized spacial score (nSPS) is 17.7. The Morgan fingerprint density at radius 3 is 2.75 bits per heavy atom. The Labute approximate surface area is 165 Å². The van der Waals surface area contributed by atoms with E-state index in [1.165, 1.54) is 0 Å². The maximum atomic E-state index is 12.6. The summed E-state index contributed by atoms with van der Waals surface area (Å²) in [6.45, 7) is 4.93. The minimum Gasteiger partial charge on any atom is -0.497 e. The molecule has 0 saturated carbocycles. The maximum Gasteiger partial charge on any atom is 0.261 e. The van der Waals surface area contributed by atoms with E-state index in [0.717, 1.165) is 49.0 Å². The third-order valence-corrected chi connectivity index (χ3v) is 5.30. The number of hydrogen-bond donors (Lipinski definition) is 0. The average molecular weight is 382 g/mol. The Kier molecular flexibility index (Phi) is 5.34. The Morgan fingerprint density at radius 2 is 1.96 bits per heavy atom. The predicted octanol–water partition coefficient (Wildman–Crippen LogP) is 1.76. The standard InChI is InChI=1S/C21H26N4O3/c1-23-8-10-24(11-9-23)20-7-6-19-18(22-20)14-25(21(26)15-28-19)13-16-4-3-5-17(12-16)27-2/h3-7,12H,8-11,13-15H2,1-2H3. The zero-order valence-corrected chi connectivity index (χ0v) is 16.4. The van der Waals surface area contributed by atoms with Crippen LogP contribution >= 0.6 is 0 Å². The lowest BCUT2D eigenvalue weighted by Gasteiger charge is -2.33. The highest BCUT2D eigenvalue weighted by Gasteiger charge is 2.24.